The number of furan rings is 1. The maximum Gasteiger partial charge on any atom is 0.287 e. The summed E-state index contributed by atoms with van der Waals surface area (Å²) in [6, 6.07) is 2.42. The van der Waals surface area contributed by atoms with Crippen LogP contribution in [0.3, 0.4) is 0 Å². The maximum absolute atomic E-state index is 12.5. The summed E-state index contributed by atoms with van der Waals surface area (Å²) in [5.41, 5.74) is 1.22. The third-order valence-electron chi connectivity index (χ3n) is 5.33. The molecule has 2 atom stereocenters. The lowest BCUT2D eigenvalue weighted by Gasteiger charge is -2.29. The number of carbonyl (C=O) groups is 1. The molecule has 4 rings (SSSR count). The molecule has 1 aliphatic heterocycles. The van der Waals surface area contributed by atoms with Gasteiger partial charge in [0.05, 0.1) is 5.54 Å². The highest BCUT2D eigenvalue weighted by Crippen LogP contribution is 2.37. The van der Waals surface area contributed by atoms with Crippen LogP contribution in [-0.2, 0) is 12.8 Å². The first-order chi connectivity index (χ1) is 9.77. The molecule has 108 valence electrons. The molecule has 0 radical (unpaired) electrons. The average molecular weight is 274 g/mol. The predicted molar refractivity (Wildman–Crippen MR) is 75.8 cm³/mol. The van der Waals surface area contributed by atoms with Crippen molar-refractivity contribution in [1.82, 2.24) is 10.6 Å². The highest BCUT2D eigenvalue weighted by Gasteiger charge is 2.47. The van der Waals surface area contributed by atoms with E-state index in [0.717, 1.165) is 38.0 Å². The Morgan fingerprint density at radius 2 is 2.20 bits per heavy atom. The lowest BCUT2D eigenvalue weighted by atomic mass is 9.93. The molecule has 2 fully saturated rings. The van der Waals surface area contributed by atoms with Gasteiger partial charge in [-0.15, -0.1) is 0 Å². The molecule has 2 aliphatic carbocycles. The fraction of sp³-hybridized carbons (Fsp3) is 0.688. The van der Waals surface area contributed by atoms with Crippen LogP contribution in [0.25, 0.3) is 0 Å². The molecule has 2 unspecified atom stereocenters. The number of aryl methyl sites for hydroxylation is 2. The van der Waals surface area contributed by atoms with Gasteiger partial charge in [-0.05, 0) is 63.1 Å². The third-order valence-corrected chi connectivity index (χ3v) is 5.33. The molecule has 0 spiro atoms. The van der Waals surface area contributed by atoms with Crippen LogP contribution >= 0.6 is 0 Å². The number of nitrogens with one attached hydrogen (secondary N) is 2. The molecule has 1 aromatic rings. The van der Waals surface area contributed by atoms with Crippen LogP contribution in [0.4, 0.5) is 0 Å². The molecule has 2 N–H and O–H groups in total. The lowest BCUT2D eigenvalue weighted by Crippen LogP contribution is -2.52. The zero-order valence-corrected chi connectivity index (χ0v) is 11.8. The van der Waals surface area contributed by atoms with Crippen molar-refractivity contribution < 1.29 is 9.21 Å². The standard InChI is InChI=1S/C16H22N2O2/c19-15(13-10-11-4-1-2-5-12(11)20-13)18-16-7-3-6-14(16)17-9-8-16/h10,14,17H,1-9H2,(H,18,19). The summed E-state index contributed by atoms with van der Waals surface area (Å²) < 4.78 is 5.79. The van der Waals surface area contributed by atoms with E-state index in [4.69, 9.17) is 4.42 Å². The monoisotopic (exact) mass is 274 g/mol. The van der Waals surface area contributed by atoms with Gasteiger partial charge in [0.1, 0.15) is 5.76 Å². The van der Waals surface area contributed by atoms with Crippen molar-refractivity contribution in [3.63, 3.8) is 0 Å². The second-order valence-corrected chi connectivity index (χ2v) is 6.53. The molecule has 4 heteroatoms. The molecule has 1 aromatic heterocycles. The molecule has 1 amide bonds. The van der Waals surface area contributed by atoms with Crippen molar-refractivity contribution >= 4 is 5.91 Å². The normalized spacial score (nSPS) is 31.9. The van der Waals surface area contributed by atoms with Gasteiger partial charge in [0.25, 0.3) is 5.91 Å². The molecule has 0 bridgehead atoms. The first kappa shape index (κ1) is 12.5. The summed E-state index contributed by atoms with van der Waals surface area (Å²) in [6.07, 6.45) is 8.95. The van der Waals surface area contributed by atoms with Crippen molar-refractivity contribution in [2.45, 2.75) is 62.9 Å². The average Bonchev–Trinajstić information content (AvgIpc) is 3.09. The molecule has 1 saturated heterocycles. The molecular weight excluding hydrogens is 252 g/mol. The number of carbonyl (C=O) groups excluding carboxylic acids is 1. The van der Waals surface area contributed by atoms with E-state index in [2.05, 4.69) is 10.6 Å². The number of amides is 1. The molecular formula is C16H22N2O2. The van der Waals surface area contributed by atoms with E-state index in [1.807, 2.05) is 6.07 Å². The highest BCUT2D eigenvalue weighted by molar-refractivity contribution is 5.92. The van der Waals surface area contributed by atoms with Gasteiger partial charge in [-0.3, -0.25) is 4.79 Å². The van der Waals surface area contributed by atoms with Gasteiger partial charge >= 0.3 is 0 Å². The zero-order chi connectivity index (χ0) is 13.6. The fourth-order valence-electron chi connectivity index (χ4n) is 4.24. The first-order valence-corrected chi connectivity index (χ1v) is 7.94. The van der Waals surface area contributed by atoms with E-state index in [1.54, 1.807) is 0 Å². The summed E-state index contributed by atoms with van der Waals surface area (Å²) in [7, 11) is 0. The van der Waals surface area contributed by atoms with Gasteiger partial charge in [-0.1, -0.05) is 0 Å². The van der Waals surface area contributed by atoms with E-state index in [9.17, 15) is 4.79 Å². The van der Waals surface area contributed by atoms with Crippen LogP contribution in [0, 0.1) is 0 Å². The summed E-state index contributed by atoms with van der Waals surface area (Å²) in [4.78, 5) is 12.5. The van der Waals surface area contributed by atoms with Crippen molar-refractivity contribution in [2.75, 3.05) is 6.54 Å². The van der Waals surface area contributed by atoms with Crippen molar-refractivity contribution in [3.8, 4) is 0 Å². The number of hydrogen-bond acceptors (Lipinski definition) is 3. The molecule has 3 aliphatic rings. The largest absolute Gasteiger partial charge is 0.456 e. The summed E-state index contributed by atoms with van der Waals surface area (Å²) in [5, 5.41) is 6.80. The molecule has 0 aromatic carbocycles. The summed E-state index contributed by atoms with van der Waals surface area (Å²) in [6.45, 7) is 1.01. The van der Waals surface area contributed by atoms with Crippen LogP contribution in [0.2, 0.25) is 0 Å². The zero-order valence-electron chi connectivity index (χ0n) is 11.8. The van der Waals surface area contributed by atoms with Gasteiger partial charge < -0.3 is 15.1 Å². The molecule has 4 nitrogen and oxygen atoms in total. The minimum absolute atomic E-state index is 0.0185. The number of fused-ring (bicyclic) bond motifs is 2. The summed E-state index contributed by atoms with van der Waals surface area (Å²) in [5.74, 6) is 1.53. The Morgan fingerprint density at radius 1 is 1.30 bits per heavy atom. The molecule has 20 heavy (non-hydrogen) atoms. The van der Waals surface area contributed by atoms with E-state index in [0.29, 0.717) is 11.8 Å². The van der Waals surface area contributed by atoms with Gasteiger partial charge in [-0.2, -0.15) is 0 Å². The predicted octanol–water partition coefficient (Wildman–Crippen LogP) is 2.17. The van der Waals surface area contributed by atoms with Crippen molar-refractivity contribution in [1.29, 1.82) is 0 Å². The Kier molecular flexibility index (Phi) is 2.88. The van der Waals surface area contributed by atoms with Gasteiger partial charge in [0, 0.05) is 12.5 Å². The Morgan fingerprint density at radius 3 is 3.10 bits per heavy atom. The smallest absolute Gasteiger partial charge is 0.287 e. The number of rotatable bonds is 2. The Bertz CT molecular complexity index is 501. The van der Waals surface area contributed by atoms with Crippen LogP contribution in [-0.4, -0.2) is 24.0 Å². The lowest BCUT2D eigenvalue weighted by molar-refractivity contribution is 0.0867. The Hall–Kier alpha value is -1.29. The second-order valence-electron chi connectivity index (χ2n) is 6.53. The molecule has 1 saturated carbocycles. The number of hydrogen-bond donors (Lipinski definition) is 2. The maximum atomic E-state index is 12.5. The topological polar surface area (TPSA) is 54.3 Å². The minimum Gasteiger partial charge on any atom is -0.456 e. The van der Waals surface area contributed by atoms with E-state index in [-0.39, 0.29) is 11.4 Å². The van der Waals surface area contributed by atoms with Crippen LogP contribution in [0.15, 0.2) is 10.5 Å². The third kappa shape index (κ3) is 1.89. The van der Waals surface area contributed by atoms with Gasteiger partial charge in [-0.25, -0.2) is 0 Å². The van der Waals surface area contributed by atoms with Gasteiger partial charge in [0.2, 0.25) is 0 Å². The fourth-order valence-corrected chi connectivity index (χ4v) is 4.24. The molecule has 2 heterocycles. The first-order valence-electron chi connectivity index (χ1n) is 7.94. The van der Waals surface area contributed by atoms with Crippen molar-refractivity contribution in [3.05, 3.63) is 23.2 Å². The van der Waals surface area contributed by atoms with Crippen LogP contribution in [0.1, 0.15) is 60.4 Å². The van der Waals surface area contributed by atoms with Crippen molar-refractivity contribution in [2.24, 2.45) is 0 Å². The minimum atomic E-state index is -0.0234. The SMILES string of the molecule is O=C(NC12CCCC1NCC2)c1cc2c(o1)CCCC2. The van der Waals surface area contributed by atoms with Crippen LogP contribution < -0.4 is 10.6 Å². The van der Waals surface area contributed by atoms with Crippen LogP contribution in [0.5, 0.6) is 0 Å². The van der Waals surface area contributed by atoms with E-state index in [1.165, 1.54) is 31.2 Å². The van der Waals surface area contributed by atoms with E-state index < -0.39 is 0 Å². The van der Waals surface area contributed by atoms with Gasteiger partial charge in [0.15, 0.2) is 5.76 Å². The Balaban J connectivity index is 1.54. The highest BCUT2D eigenvalue weighted by atomic mass is 16.4. The Labute approximate surface area is 119 Å². The second kappa shape index (κ2) is 4.62. The van der Waals surface area contributed by atoms with E-state index >= 15 is 0 Å². The quantitative estimate of drug-likeness (QED) is 0.869. The summed E-state index contributed by atoms with van der Waals surface area (Å²) >= 11 is 0.